The van der Waals surface area contributed by atoms with Crippen molar-refractivity contribution in [1.29, 1.82) is 0 Å². The van der Waals surface area contributed by atoms with Crippen molar-refractivity contribution >= 4 is 0 Å². The number of hydrogen-bond acceptors (Lipinski definition) is 2. The number of rotatable bonds is 4. The fourth-order valence-electron chi connectivity index (χ4n) is 2.81. The minimum atomic E-state index is 0.173. The molecule has 0 saturated carbocycles. The molecule has 3 rings (SSSR count). The molecule has 0 radical (unpaired) electrons. The minimum absolute atomic E-state index is 0.173. The van der Waals surface area contributed by atoms with Gasteiger partial charge in [0.15, 0.2) is 0 Å². The zero-order valence-electron chi connectivity index (χ0n) is 14.5. The van der Waals surface area contributed by atoms with Crippen LogP contribution in [-0.2, 0) is 18.4 Å². The van der Waals surface area contributed by atoms with Crippen molar-refractivity contribution in [3.05, 3.63) is 83.4 Å². The third-order valence-corrected chi connectivity index (χ3v) is 4.25. The smallest absolute Gasteiger partial charge is 0.115 e. The zero-order valence-corrected chi connectivity index (χ0v) is 14.5. The predicted octanol–water partition coefficient (Wildman–Crippen LogP) is 4.53. The number of nitrogens with zero attached hydrogens (tertiary/aromatic N) is 2. The Balaban J connectivity index is 1.76. The van der Waals surface area contributed by atoms with Gasteiger partial charge in [-0.2, -0.15) is 0 Å². The third-order valence-electron chi connectivity index (χ3n) is 4.25. The van der Waals surface area contributed by atoms with Crippen LogP contribution in [0.4, 0.5) is 0 Å². The lowest BCUT2D eigenvalue weighted by Crippen LogP contribution is -2.11. The highest BCUT2D eigenvalue weighted by molar-refractivity contribution is 5.30. The van der Waals surface area contributed by atoms with Gasteiger partial charge in [0, 0.05) is 25.4 Å². The molecule has 1 aromatic heterocycles. The van der Waals surface area contributed by atoms with Crippen LogP contribution in [0.15, 0.2) is 60.9 Å². The number of aromatic nitrogens is 2. The van der Waals surface area contributed by atoms with Crippen LogP contribution in [0.2, 0.25) is 0 Å². The number of aromatic hydroxyl groups is 1. The van der Waals surface area contributed by atoms with Gasteiger partial charge >= 0.3 is 0 Å². The summed E-state index contributed by atoms with van der Waals surface area (Å²) in [6.45, 7) is 7.39. The second kappa shape index (κ2) is 6.52. The molecule has 0 spiro atoms. The van der Waals surface area contributed by atoms with E-state index >= 15 is 0 Å². The van der Waals surface area contributed by atoms with Crippen LogP contribution in [0.3, 0.4) is 0 Å². The molecule has 3 nitrogen and oxygen atoms in total. The lowest BCUT2D eigenvalue weighted by atomic mass is 9.86. The van der Waals surface area contributed by atoms with Gasteiger partial charge in [0.1, 0.15) is 11.6 Å². The molecule has 0 saturated heterocycles. The topological polar surface area (TPSA) is 38.0 Å². The van der Waals surface area contributed by atoms with Gasteiger partial charge in [0.25, 0.3) is 0 Å². The first-order valence-corrected chi connectivity index (χ1v) is 8.29. The first kappa shape index (κ1) is 16.3. The Hall–Kier alpha value is -2.55. The van der Waals surface area contributed by atoms with Gasteiger partial charge in [-0.3, -0.25) is 0 Å². The first-order valence-electron chi connectivity index (χ1n) is 8.29. The number of phenols is 1. The number of imidazole rings is 1. The van der Waals surface area contributed by atoms with E-state index in [1.807, 2.05) is 24.5 Å². The molecule has 1 N–H and O–H groups in total. The Labute approximate surface area is 143 Å². The predicted molar refractivity (Wildman–Crippen MR) is 97.4 cm³/mol. The van der Waals surface area contributed by atoms with Crippen LogP contribution in [0, 0.1) is 0 Å². The summed E-state index contributed by atoms with van der Waals surface area (Å²) in [5.74, 6) is 1.33. The molecule has 0 atom stereocenters. The summed E-state index contributed by atoms with van der Waals surface area (Å²) in [6, 6.07) is 16.2. The maximum absolute atomic E-state index is 9.61. The quantitative estimate of drug-likeness (QED) is 0.767. The van der Waals surface area contributed by atoms with Gasteiger partial charge in [-0.1, -0.05) is 57.2 Å². The summed E-state index contributed by atoms with van der Waals surface area (Å²) in [6.07, 6.45) is 4.63. The zero-order chi connectivity index (χ0) is 17.2. The third kappa shape index (κ3) is 3.85. The van der Waals surface area contributed by atoms with E-state index in [0.717, 1.165) is 17.8 Å². The van der Waals surface area contributed by atoms with Gasteiger partial charge in [-0.05, 0) is 34.2 Å². The monoisotopic (exact) mass is 320 g/mol. The van der Waals surface area contributed by atoms with Gasteiger partial charge < -0.3 is 9.67 Å². The molecule has 3 heteroatoms. The summed E-state index contributed by atoms with van der Waals surface area (Å²) >= 11 is 0. The minimum Gasteiger partial charge on any atom is -0.508 e. The molecule has 24 heavy (non-hydrogen) atoms. The fourth-order valence-corrected chi connectivity index (χ4v) is 2.81. The van der Waals surface area contributed by atoms with E-state index < -0.39 is 0 Å². The second-order valence-corrected chi connectivity index (χ2v) is 7.26. The molecule has 124 valence electrons. The van der Waals surface area contributed by atoms with E-state index in [9.17, 15) is 5.11 Å². The maximum Gasteiger partial charge on any atom is 0.115 e. The summed E-state index contributed by atoms with van der Waals surface area (Å²) in [4.78, 5) is 4.50. The highest BCUT2D eigenvalue weighted by atomic mass is 16.3. The molecule has 1 heterocycles. The summed E-state index contributed by atoms with van der Waals surface area (Å²) in [5, 5.41) is 9.61. The Kier molecular flexibility index (Phi) is 4.43. The molecule has 0 aliphatic heterocycles. The van der Waals surface area contributed by atoms with E-state index in [4.69, 9.17) is 0 Å². The summed E-state index contributed by atoms with van der Waals surface area (Å²) in [5.41, 5.74) is 3.84. The largest absolute Gasteiger partial charge is 0.508 e. The lowest BCUT2D eigenvalue weighted by molar-refractivity contribution is 0.474. The Morgan fingerprint density at radius 2 is 1.75 bits per heavy atom. The van der Waals surface area contributed by atoms with Crippen molar-refractivity contribution in [3.8, 4) is 5.75 Å². The second-order valence-electron chi connectivity index (χ2n) is 7.26. The number of phenolic OH excluding ortho intramolecular Hbond substituents is 1. The Morgan fingerprint density at radius 3 is 2.42 bits per heavy atom. The van der Waals surface area contributed by atoms with Crippen LogP contribution in [0.25, 0.3) is 0 Å². The van der Waals surface area contributed by atoms with E-state index in [2.05, 4.69) is 54.6 Å². The molecule has 0 fully saturated rings. The summed E-state index contributed by atoms with van der Waals surface area (Å²) in [7, 11) is 0. The van der Waals surface area contributed by atoms with E-state index in [1.165, 1.54) is 11.1 Å². The van der Waals surface area contributed by atoms with Gasteiger partial charge in [-0.15, -0.1) is 0 Å². The fraction of sp³-hybridized carbons (Fsp3) is 0.286. The van der Waals surface area contributed by atoms with Crippen molar-refractivity contribution < 1.29 is 5.11 Å². The van der Waals surface area contributed by atoms with Crippen molar-refractivity contribution in [3.63, 3.8) is 0 Å². The van der Waals surface area contributed by atoms with E-state index in [0.29, 0.717) is 12.3 Å². The highest BCUT2D eigenvalue weighted by Gasteiger charge is 2.13. The molecule has 0 unspecified atom stereocenters. The molecule has 0 amide bonds. The van der Waals surface area contributed by atoms with E-state index in [1.54, 1.807) is 12.1 Å². The SMILES string of the molecule is CC(C)(C)c1ccc(Cc2nccn2Cc2cccc(O)c2)cc1. The van der Waals surface area contributed by atoms with Crippen molar-refractivity contribution in [2.75, 3.05) is 0 Å². The molecule has 0 aliphatic carbocycles. The average molecular weight is 320 g/mol. The first-order chi connectivity index (χ1) is 11.4. The van der Waals surface area contributed by atoms with Crippen LogP contribution in [0.1, 0.15) is 43.3 Å². The Bertz CT molecular complexity index is 810. The van der Waals surface area contributed by atoms with Crippen LogP contribution < -0.4 is 0 Å². The summed E-state index contributed by atoms with van der Waals surface area (Å²) < 4.78 is 2.13. The number of benzene rings is 2. The molecular formula is C21H24N2O. The van der Waals surface area contributed by atoms with Gasteiger partial charge in [0.2, 0.25) is 0 Å². The Morgan fingerprint density at radius 1 is 1.00 bits per heavy atom. The van der Waals surface area contributed by atoms with Crippen LogP contribution >= 0.6 is 0 Å². The molecule has 3 aromatic rings. The van der Waals surface area contributed by atoms with Gasteiger partial charge in [0.05, 0.1) is 0 Å². The lowest BCUT2D eigenvalue weighted by Gasteiger charge is -2.19. The maximum atomic E-state index is 9.61. The van der Waals surface area contributed by atoms with Crippen LogP contribution in [0.5, 0.6) is 5.75 Å². The normalized spacial score (nSPS) is 11.6. The molecular weight excluding hydrogens is 296 g/mol. The molecule has 0 aliphatic rings. The number of hydrogen-bond donors (Lipinski definition) is 1. The van der Waals surface area contributed by atoms with Crippen LogP contribution in [-0.4, -0.2) is 14.7 Å². The molecule has 0 bridgehead atoms. The standard InChI is InChI=1S/C21H24N2O/c1-21(2,3)18-9-7-16(8-10-18)14-20-22-11-12-23(20)15-17-5-4-6-19(24)13-17/h4-13,24H,14-15H2,1-3H3. The van der Waals surface area contributed by atoms with Crippen molar-refractivity contribution in [2.24, 2.45) is 0 Å². The van der Waals surface area contributed by atoms with Gasteiger partial charge in [-0.25, -0.2) is 4.98 Å². The van der Waals surface area contributed by atoms with Crippen molar-refractivity contribution in [2.45, 2.75) is 39.2 Å². The van der Waals surface area contributed by atoms with Crippen molar-refractivity contribution in [1.82, 2.24) is 9.55 Å². The molecule has 2 aromatic carbocycles. The highest BCUT2D eigenvalue weighted by Crippen LogP contribution is 2.23. The average Bonchev–Trinajstić information content (AvgIpc) is 2.94. The van der Waals surface area contributed by atoms with E-state index in [-0.39, 0.29) is 5.41 Å².